The van der Waals surface area contributed by atoms with Gasteiger partial charge >= 0.3 is 11.8 Å². The van der Waals surface area contributed by atoms with Crippen LogP contribution >= 0.6 is 0 Å². The molecule has 1 saturated heterocycles. The molecule has 0 spiro atoms. The van der Waals surface area contributed by atoms with E-state index < -0.39 is 11.8 Å². The fourth-order valence-corrected chi connectivity index (χ4v) is 2.92. The van der Waals surface area contributed by atoms with E-state index in [0.717, 1.165) is 25.4 Å². The van der Waals surface area contributed by atoms with Gasteiger partial charge in [-0.3, -0.25) is 14.5 Å². The van der Waals surface area contributed by atoms with Gasteiger partial charge in [-0.25, -0.2) is 0 Å². The third-order valence-corrected chi connectivity index (χ3v) is 4.39. The van der Waals surface area contributed by atoms with Crippen LogP contribution in [0.5, 0.6) is 11.5 Å². The van der Waals surface area contributed by atoms with Crippen molar-refractivity contribution in [3.63, 3.8) is 0 Å². The molecule has 2 aromatic carbocycles. The molecule has 1 aliphatic heterocycles. The summed E-state index contributed by atoms with van der Waals surface area (Å²) in [6, 6.07) is 16.4. The standard InChI is InChI=1S/C20H24N4O3/c21-10-11-23-12-14-24(15-13-23)20(26)19(25)22-16-6-8-18(9-7-16)27-17-4-2-1-3-5-17/h1-9H,10-15,21H2,(H,22,25). The number of carbonyl (C=O) groups excluding carboxylic acids is 2. The molecule has 27 heavy (non-hydrogen) atoms. The van der Waals surface area contributed by atoms with Gasteiger partial charge in [0.2, 0.25) is 0 Å². The van der Waals surface area contributed by atoms with Gasteiger partial charge in [0.25, 0.3) is 0 Å². The Morgan fingerprint density at radius 1 is 0.926 bits per heavy atom. The van der Waals surface area contributed by atoms with Gasteiger partial charge in [-0.2, -0.15) is 0 Å². The second-order valence-corrected chi connectivity index (χ2v) is 6.32. The molecule has 3 N–H and O–H groups in total. The summed E-state index contributed by atoms with van der Waals surface area (Å²) in [5.41, 5.74) is 6.10. The minimum absolute atomic E-state index is 0.507. The highest BCUT2D eigenvalue weighted by atomic mass is 16.5. The number of piperazine rings is 1. The van der Waals surface area contributed by atoms with E-state index in [1.807, 2.05) is 30.3 Å². The first-order chi connectivity index (χ1) is 13.2. The van der Waals surface area contributed by atoms with Crippen molar-refractivity contribution in [2.45, 2.75) is 0 Å². The molecule has 0 atom stereocenters. The highest BCUT2D eigenvalue weighted by molar-refractivity contribution is 6.39. The van der Waals surface area contributed by atoms with E-state index in [4.69, 9.17) is 10.5 Å². The lowest BCUT2D eigenvalue weighted by molar-refractivity contribution is -0.144. The van der Waals surface area contributed by atoms with Crippen LogP contribution in [0.3, 0.4) is 0 Å². The number of nitrogens with zero attached hydrogens (tertiary/aromatic N) is 2. The van der Waals surface area contributed by atoms with Gasteiger partial charge in [-0.1, -0.05) is 18.2 Å². The van der Waals surface area contributed by atoms with Crippen LogP contribution in [0, 0.1) is 0 Å². The first kappa shape index (κ1) is 18.9. The van der Waals surface area contributed by atoms with Gasteiger partial charge < -0.3 is 20.7 Å². The molecule has 0 aliphatic carbocycles. The minimum atomic E-state index is -0.626. The Kier molecular flexibility index (Phi) is 6.40. The van der Waals surface area contributed by atoms with Gasteiger partial charge in [0, 0.05) is 45.0 Å². The molecule has 0 unspecified atom stereocenters. The topological polar surface area (TPSA) is 87.9 Å². The van der Waals surface area contributed by atoms with Crippen molar-refractivity contribution in [3.05, 3.63) is 54.6 Å². The number of carbonyl (C=O) groups is 2. The Bertz CT molecular complexity index is 757. The van der Waals surface area contributed by atoms with E-state index in [2.05, 4.69) is 10.2 Å². The summed E-state index contributed by atoms with van der Waals surface area (Å²) in [6.45, 7) is 3.96. The van der Waals surface area contributed by atoms with Crippen molar-refractivity contribution in [1.29, 1.82) is 0 Å². The highest BCUT2D eigenvalue weighted by Crippen LogP contribution is 2.22. The number of nitrogens with two attached hydrogens (primary N) is 1. The lowest BCUT2D eigenvalue weighted by Crippen LogP contribution is -2.52. The van der Waals surface area contributed by atoms with Crippen LogP contribution in [-0.4, -0.2) is 60.9 Å². The number of rotatable bonds is 5. The summed E-state index contributed by atoms with van der Waals surface area (Å²) in [6.07, 6.45) is 0. The number of anilines is 1. The average molecular weight is 368 g/mol. The maximum Gasteiger partial charge on any atom is 0.313 e. The molecule has 0 radical (unpaired) electrons. The third kappa shape index (κ3) is 5.29. The number of benzene rings is 2. The van der Waals surface area contributed by atoms with E-state index in [1.165, 1.54) is 0 Å². The van der Waals surface area contributed by atoms with Crippen molar-refractivity contribution in [2.75, 3.05) is 44.6 Å². The molecule has 2 aromatic rings. The average Bonchev–Trinajstić information content (AvgIpc) is 2.70. The Labute approximate surface area is 158 Å². The summed E-state index contributed by atoms with van der Waals surface area (Å²) in [5, 5.41) is 2.65. The van der Waals surface area contributed by atoms with Crippen molar-refractivity contribution in [3.8, 4) is 11.5 Å². The molecule has 1 fully saturated rings. The summed E-state index contributed by atoms with van der Waals surface area (Å²) in [7, 11) is 0. The van der Waals surface area contributed by atoms with Crippen molar-refractivity contribution < 1.29 is 14.3 Å². The highest BCUT2D eigenvalue weighted by Gasteiger charge is 2.25. The molecule has 142 valence electrons. The van der Waals surface area contributed by atoms with Crippen LogP contribution in [0.4, 0.5) is 5.69 Å². The second kappa shape index (κ2) is 9.16. The van der Waals surface area contributed by atoms with E-state index >= 15 is 0 Å². The fraction of sp³-hybridized carbons (Fsp3) is 0.300. The summed E-state index contributed by atoms with van der Waals surface area (Å²) < 4.78 is 5.71. The maximum atomic E-state index is 12.3. The number of para-hydroxylation sites is 1. The zero-order valence-corrected chi connectivity index (χ0v) is 15.1. The van der Waals surface area contributed by atoms with Crippen LogP contribution in [0.25, 0.3) is 0 Å². The van der Waals surface area contributed by atoms with Gasteiger partial charge in [-0.05, 0) is 36.4 Å². The second-order valence-electron chi connectivity index (χ2n) is 6.32. The smallest absolute Gasteiger partial charge is 0.313 e. The van der Waals surface area contributed by atoms with Gasteiger partial charge in [0.1, 0.15) is 11.5 Å². The summed E-state index contributed by atoms with van der Waals surface area (Å²) >= 11 is 0. The van der Waals surface area contributed by atoms with Crippen molar-refractivity contribution in [1.82, 2.24) is 9.80 Å². The molecule has 0 saturated carbocycles. The van der Waals surface area contributed by atoms with Gasteiger partial charge in [0.15, 0.2) is 0 Å². The van der Waals surface area contributed by atoms with Crippen LogP contribution in [-0.2, 0) is 9.59 Å². The number of hydrogen-bond donors (Lipinski definition) is 2. The van der Waals surface area contributed by atoms with E-state index in [0.29, 0.717) is 31.1 Å². The van der Waals surface area contributed by atoms with Crippen LogP contribution in [0.15, 0.2) is 54.6 Å². The van der Waals surface area contributed by atoms with Gasteiger partial charge in [-0.15, -0.1) is 0 Å². The Morgan fingerprint density at radius 2 is 1.56 bits per heavy atom. The molecule has 7 heteroatoms. The Hall–Kier alpha value is -2.90. The van der Waals surface area contributed by atoms with Gasteiger partial charge in [0.05, 0.1) is 0 Å². The molecule has 3 rings (SSSR count). The SMILES string of the molecule is NCCN1CCN(C(=O)C(=O)Nc2ccc(Oc3ccccc3)cc2)CC1. The van der Waals surface area contributed by atoms with E-state index in [9.17, 15) is 9.59 Å². The summed E-state index contributed by atoms with van der Waals surface area (Å²) in [4.78, 5) is 28.3. The molecule has 7 nitrogen and oxygen atoms in total. The van der Waals surface area contributed by atoms with E-state index in [-0.39, 0.29) is 0 Å². The lowest BCUT2D eigenvalue weighted by atomic mass is 10.2. The quantitative estimate of drug-likeness (QED) is 0.782. The predicted molar refractivity (Wildman–Crippen MR) is 104 cm³/mol. The molecular formula is C20H24N4O3. The fourth-order valence-electron chi connectivity index (χ4n) is 2.92. The predicted octanol–water partition coefficient (Wildman–Crippen LogP) is 1.52. The van der Waals surface area contributed by atoms with Crippen LogP contribution < -0.4 is 15.8 Å². The minimum Gasteiger partial charge on any atom is -0.457 e. The lowest BCUT2D eigenvalue weighted by Gasteiger charge is -2.34. The molecule has 0 bridgehead atoms. The normalized spacial score (nSPS) is 14.6. The third-order valence-electron chi connectivity index (χ3n) is 4.39. The van der Waals surface area contributed by atoms with Crippen molar-refractivity contribution in [2.24, 2.45) is 5.73 Å². The Balaban J connectivity index is 1.51. The molecule has 1 aliphatic rings. The molecular weight excluding hydrogens is 344 g/mol. The largest absolute Gasteiger partial charge is 0.457 e. The monoisotopic (exact) mass is 368 g/mol. The maximum absolute atomic E-state index is 12.3. The zero-order valence-electron chi connectivity index (χ0n) is 15.1. The summed E-state index contributed by atoms with van der Waals surface area (Å²) in [5.74, 6) is 0.255. The first-order valence-electron chi connectivity index (χ1n) is 9.01. The number of ether oxygens (including phenoxy) is 1. The first-order valence-corrected chi connectivity index (χ1v) is 9.01. The Morgan fingerprint density at radius 3 is 2.19 bits per heavy atom. The van der Waals surface area contributed by atoms with Crippen molar-refractivity contribution >= 4 is 17.5 Å². The van der Waals surface area contributed by atoms with Crippen LogP contribution in [0.1, 0.15) is 0 Å². The zero-order chi connectivity index (χ0) is 19.1. The molecule has 2 amide bonds. The van der Waals surface area contributed by atoms with Crippen LogP contribution in [0.2, 0.25) is 0 Å². The number of hydrogen-bond acceptors (Lipinski definition) is 5. The number of nitrogens with one attached hydrogen (secondary N) is 1. The number of amides is 2. The van der Waals surface area contributed by atoms with E-state index in [1.54, 1.807) is 29.2 Å². The molecule has 1 heterocycles. The molecule has 0 aromatic heterocycles.